The van der Waals surface area contributed by atoms with Crippen LogP contribution in [0.2, 0.25) is 0 Å². The number of hydrogen-bond donors (Lipinski definition) is 0. The molecule has 0 radical (unpaired) electrons. The lowest BCUT2D eigenvalue weighted by Gasteiger charge is -2.04. The van der Waals surface area contributed by atoms with Crippen LogP contribution in [-0.4, -0.2) is 18.9 Å². The summed E-state index contributed by atoms with van der Waals surface area (Å²) in [6.45, 7) is 4.58. The normalized spacial score (nSPS) is 10.9. The molecule has 0 aliphatic heterocycles. The summed E-state index contributed by atoms with van der Waals surface area (Å²) in [6.07, 6.45) is 13.1. The molecule has 0 saturated carbocycles. The van der Waals surface area contributed by atoms with Gasteiger partial charge in [0.05, 0.1) is 7.11 Å². The zero-order valence-electron chi connectivity index (χ0n) is 14.3. The van der Waals surface area contributed by atoms with E-state index in [1.807, 2.05) is 0 Å². The van der Waals surface area contributed by atoms with Crippen molar-refractivity contribution in [2.45, 2.75) is 90.9 Å². The molecule has 124 valence electrons. The summed E-state index contributed by atoms with van der Waals surface area (Å²) in [7, 11) is 1.32. The Kier molecular flexibility index (Phi) is 13.5. The van der Waals surface area contributed by atoms with Gasteiger partial charge in [-0.05, 0) is 12.3 Å². The predicted octanol–water partition coefficient (Wildman–Crippen LogP) is 5.07. The van der Waals surface area contributed by atoms with E-state index in [1.165, 1.54) is 58.5 Å². The molecular formula is C18H34O3. The fourth-order valence-electron chi connectivity index (χ4n) is 2.43. The fraction of sp³-hybridized carbons (Fsp3) is 0.889. The molecule has 0 saturated heterocycles. The van der Waals surface area contributed by atoms with Gasteiger partial charge >= 0.3 is 5.97 Å². The Hall–Kier alpha value is -0.860. The van der Waals surface area contributed by atoms with Crippen LogP contribution in [0.5, 0.6) is 0 Å². The van der Waals surface area contributed by atoms with Crippen molar-refractivity contribution in [3.8, 4) is 0 Å². The molecule has 3 nitrogen and oxygen atoms in total. The summed E-state index contributed by atoms with van der Waals surface area (Å²) < 4.78 is 4.47. The molecular weight excluding hydrogens is 264 g/mol. The maximum Gasteiger partial charge on any atom is 0.313 e. The average molecular weight is 298 g/mol. The Bertz CT molecular complexity index is 272. The number of ether oxygens (including phenoxy) is 1. The summed E-state index contributed by atoms with van der Waals surface area (Å²) in [6, 6.07) is 0. The molecule has 0 rings (SSSR count). The van der Waals surface area contributed by atoms with Crippen LogP contribution in [0.15, 0.2) is 0 Å². The highest BCUT2D eigenvalue weighted by Crippen LogP contribution is 2.13. The quantitative estimate of drug-likeness (QED) is 0.255. The molecule has 0 aromatic carbocycles. The second-order valence-electron chi connectivity index (χ2n) is 6.41. The Labute approximate surface area is 130 Å². The standard InChI is InChI=1S/C18H34O3/c1-16(2)13-11-9-7-5-4-6-8-10-12-14-17(19)15-18(20)21-3/h16H,4-15H2,1-3H3. The van der Waals surface area contributed by atoms with Crippen LogP contribution in [0, 0.1) is 5.92 Å². The van der Waals surface area contributed by atoms with E-state index in [2.05, 4.69) is 18.6 Å². The zero-order chi connectivity index (χ0) is 15.9. The number of hydrogen-bond acceptors (Lipinski definition) is 3. The first-order valence-electron chi connectivity index (χ1n) is 8.64. The third kappa shape index (κ3) is 15.3. The lowest BCUT2D eigenvalue weighted by Crippen LogP contribution is -2.08. The Morgan fingerprint density at radius 1 is 0.810 bits per heavy atom. The number of methoxy groups -OCH3 is 1. The van der Waals surface area contributed by atoms with Crippen molar-refractivity contribution in [1.82, 2.24) is 0 Å². The van der Waals surface area contributed by atoms with E-state index in [9.17, 15) is 9.59 Å². The second kappa shape index (κ2) is 14.1. The molecule has 0 bridgehead atoms. The highest BCUT2D eigenvalue weighted by molar-refractivity contribution is 5.95. The van der Waals surface area contributed by atoms with E-state index in [0.29, 0.717) is 6.42 Å². The summed E-state index contributed by atoms with van der Waals surface area (Å²) >= 11 is 0. The molecule has 0 aromatic heterocycles. The van der Waals surface area contributed by atoms with Gasteiger partial charge in [0.1, 0.15) is 12.2 Å². The first-order chi connectivity index (χ1) is 10.1. The van der Waals surface area contributed by atoms with Gasteiger partial charge in [-0.1, -0.05) is 71.6 Å². The molecule has 0 aliphatic carbocycles. The lowest BCUT2D eigenvalue weighted by atomic mass is 10.0. The number of carbonyl (C=O) groups is 2. The van der Waals surface area contributed by atoms with Crippen molar-refractivity contribution >= 4 is 11.8 Å². The number of rotatable bonds is 14. The molecule has 0 aromatic rings. The second-order valence-corrected chi connectivity index (χ2v) is 6.41. The fourth-order valence-corrected chi connectivity index (χ4v) is 2.43. The van der Waals surface area contributed by atoms with Crippen LogP contribution < -0.4 is 0 Å². The van der Waals surface area contributed by atoms with Gasteiger partial charge in [0.25, 0.3) is 0 Å². The van der Waals surface area contributed by atoms with Gasteiger partial charge in [-0.25, -0.2) is 0 Å². The Balaban J connectivity index is 3.19. The van der Waals surface area contributed by atoms with Crippen molar-refractivity contribution in [3.63, 3.8) is 0 Å². The van der Waals surface area contributed by atoms with E-state index < -0.39 is 5.97 Å². The molecule has 0 aliphatic rings. The number of Topliss-reactive ketones (excluding diaryl/α,β-unsaturated/α-hetero) is 1. The molecule has 0 heterocycles. The van der Waals surface area contributed by atoms with E-state index in [-0.39, 0.29) is 12.2 Å². The first-order valence-corrected chi connectivity index (χ1v) is 8.64. The van der Waals surface area contributed by atoms with Crippen molar-refractivity contribution in [3.05, 3.63) is 0 Å². The van der Waals surface area contributed by atoms with Gasteiger partial charge in [-0.3, -0.25) is 9.59 Å². The Morgan fingerprint density at radius 3 is 1.76 bits per heavy atom. The average Bonchev–Trinajstić information content (AvgIpc) is 2.44. The minimum absolute atomic E-state index is 0.00648. The van der Waals surface area contributed by atoms with Crippen molar-refractivity contribution < 1.29 is 14.3 Å². The molecule has 3 heteroatoms. The molecule has 0 amide bonds. The SMILES string of the molecule is COC(=O)CC(=O)CCCCCCCCCCCC(C)C. The van der Waals surface area contributed by atoms with Gasteiger partial charge in [-0.15, -0.1) is 0 Å². The predicted molar refractivity (Wildman–Crippen MR) is 87.3 cm³/mol. The number of carbonyl (C=O) groups excluding carboxylic acids is 2. The van der Waals surface area contributed by atoms with Crippen LogP contribution in [0.1, 0.15) is 90.9 Å². The summed E-state index contributed by atoms with van der Waals surface area (Å²) in [5, 5.41) is 0. The summed E-state index contributed by atoms with van der Waals surface area (Å²) in [4.78, 5) is 22.3. The van der Waals surface area contributed by atoms with Crippen molar-refractivity contribution in [1.29, 1.82) is 0 Å². The third-order valence-corrected chi connectivity index (χ3v) is 3.81. The van der Waals surface area contributed by atoms with Crippen molar-refractivity contribution in [2.24, 2.45) is 5.92 Å². The highest BCUT2D eigenvalue weighted by atomic mass is 16.5. The van der Waals surface area contributed by atoms with Crippen LogP contribution in [0.3, 0.4) is 0 Å². The zero-order valence-corrected chi connectivity index (χ0v) is 14.3. The summed E-state index contributed by atoms with van der Waals surface area (Å²) in [5.41, 5.74) is 0. The monoisotopic (exact) mass is 298 g/mol. The smallest absolute Gasteiger partial charge is 0.313 e. The van der Waals surface area contributed by atoms with Gasteiger partial charge in [0.2, 0.25) is 0 Å². The maximum absolute atomic E-state index is 11.4. The molecule has 0 atom stereocenters. The number of ketones is 1. The molecule has 0 unspecified atom stereocenters. The maximum atomic E-state index is 11.4. The first kappa shape index (κ1) is 20.1. The minimum atomic E-state index is -0.419. The van der Waals surface area contributed by atoms with Crippen LogP contribution in [0.4, 0.5) is 0 Å². The molecule has 0 spiro atoms. The van der Waals surface area contributed by atoms with E-state index in [1.54, 1.807) is 0 Å². The topological polar surface area (TPSA) is 43.4 Å². The number of esters is 1. The molecule has 0 fully saturated rings. The van der Waals surface area contributed by atoms with Crippen molar-refractivity contribution in [2.75, 3.05) is 7.11 Å². The lowest BCUT2D eigenvalue weighted by molar-refractivity contribution is -0.143. The largest absolute Gasteiger partial charge is 0.469 e. The van der Waals surface area contributed by atoms with Crippen LogP contribution in [0.25, 0.3) is 0 Å². The molecule has 0 N–H and O–H groups in total. The van der Waals surface area contributed by atoms with Gasteiger partial charge in [0, 0.05) is 6.42 Å². The minimum Gasteiger partial charge on any atom is -0.469 e. The third-order valence-electron chi connectivity index (χ3n) is 3.81. The van der Waals surface area contributed by atoms with Gasteiger partial charge < -0.3 is 4.74 Å². The molecule has 21 heavy (non-hydrogen) atoms. The van der Waals surface area contributed by atoms with Crippen LogP contribution in [-0.2, 0) is 14.3 Å². The van der Waals surface area contributed by atoms with Gasteiger partial charge in [-0.2, -0.15) is 0 Å². The Morgan fingerprint density at radius 2 is 1.29 bits per heavy atom. The number of unbranched alkanes of at least 4 members (excludes halogenated alkanes) is 8. The van der Waals surface area contributed by atoms with E-state index >= 15 is 0 Å². The van der Waals surface area contributed by atoms with E-state index in [4.69, 9.17) is 0 Å². The van der Waals surface area contributed by atoms with Crippen LogP contribution >= 0.6 is 0 Å². The van der Waals surface area contributed by atoms with E-state index in [0.717, 1.165) is 18.8 Å². The highest BCUT2D eigenvalue weighted by Gasteiger charge is 2.08. The summed E-state index contributed by atoms with van der Waals surface area (Å²) in [5.74, 6) is 0.427. The van der Waals surface area contributed by atoms with Gasteiger partial charge in [0.15, 0.2) is 0 Å².